The van der Waals surface area contributed by atoms with Crippen LogP contribution in [0, 0.1) is 0 Å². The molecule has 0 bridgehead atoms. The van der Waals surface area contributed by atoms with Gasteiger partial charge in [-0.15, -0.1) is 0 Å². The molecule has 6 heteroatoms. The number of rotatable bonds is 5. The molecule has 16 heavy (non-hydrogen) atoms. The Balaban J connectivity index is 2.61. The molecule has 5 nitrogen and oxygen atoms in total. The number of nitrogens with zero attached hydrogens (tertiary/aromatic N) is 1. The molecule has 0 amide bonds. The minimum Gasteiger partial charge on any atom is -0.477 e. The Bertz CT molecular complexity index is 392. The molecule has 0 aliphatic rings. The Hall–Kier alpha value is -1.43. The quantitative estimate of drug-likeness (QED) is 0.804. The minimum absolute atomic E-state index is 0.0114. The van der Waals surface area contributed by atoms with E-state index in [4.69, 9.17) is 5.11 Å². The maximum absolute atomic E-state index is 11.0. The molecule has 0 aliphatic heterocycles. The fourth-order valence-electron chi connectivity index (χ4n) is 1.28. The number of carboxylic acid groups (broad SMARTS) is 1. The van der Waals surface area contributed by atoms with E-state index in [0.29, 0.717) is 5.75 Å². The predicted octanol–water partition coefficient (Wildman–Crippen LogP) is 0.959. The zero-order chi connectivity index (χ0) is 12.1. The average Bonchev–Trinajstić information content (AvgIpc) is 2.16. The summed E-state index contributed by atoms with van der Waals surface area (Å²) in [5.74, 6) is -0.505. The zero-order valence-corrected chi connectivity index (χ0v) is 9.95. The largest absolute Gasteiger partial charge is 0.477 e. The minimum atomic E-state index is -1.05. The van der Waals surface area contributed by atoms with E-state index in [1.54, 1.807) is 12.3 Å². The summed E-state index contributed by atoms with van der Waals surface area (Å²) >= 11 is 0. The number of carbonyl (C=O) groups is 1. The number of anilines is 1. The number of pyridine rings is 1. The van der Waals surface area contributed by atoms with Gasteiger partial charge in [0.05, 0.1) is 11.9 Å². The molecule has 0 radical (unpaired) electrons. The van der Waals surface area contributed by atoms with Crippen molar-refractivity contribution in [3.05, 3.63) is 24.0 Å². The number of hydrogen-bond acceptors (Lipinski definition) is 4. The first-order valence-corrected chi connectivity index (χ1v) is 6.47. The Morgan fingerprint density at radius 1 is 1.62 bits per heavy atom. The maximum Gasteiger partial charge on any atom is 0.354 e. The van der Waals surface area contributed by atoms with Gasteiger partial charge in [-0.3, -0.25) is 4.21 Å². The van der Waals surface area contributed by atoms with Crippen LogP contribution in [0.1, 0.15) is 17.4 Å². The lowest BCUT2D eigenvalue weighted by atomic mass is 10.3. The highest BCUT2D eigenvalue weighted by Crippen LogP contribution is 2.08. The summed E-state index contributed by atoms with van der Waals surface area (Å²) in [7, 11) is -0.858. The number of carboxylic acids is 1. The molecule has 0 aromatic carbocycles. The van der Waals surface area contributed by atoms with Gasteiger partial charge in [0.1, 0.15) is 5.69 Å². The second-order valence-corrected chi connectivity index (χ2v) is 5.00. The second-order valence-electron chi connectivity index (χ2n) is 3.52. The lowest BCUT2D eigenvalue weighted by Crippen LogP contribution is -2.22. The second kappa shape index (κ2) is 5.60. The van der Waals surface area contributed by atoms with Crippen molar-refractivity contribution in [2.24, 2.45) is 0 Å². The van der Waals surface area contributed by atoms with Gasteiger partial charge in [-0.2, -0.15) is 0 Å². The van der Waals surface area contributed by atoms with E-state index < -0.39 is 16.8 Å². The van der Waals surface area contributed by atoms with Gasteiger partial charge in [-0.05, 0) is 19.1 Å². The van der Waals surface area contributed by atoms with Gasteiger partial charge in [0.2, 0.25) is 0 Å². The molecule has 0 saturated heterocycles. The molecule has 0 saturated carbocycles. The van der Waals surface area contributed by atoms with Gasteiger partial charge in [0.25, 0.3) is 0 Å². The van der Waals surface area contributed by atoms with Gasteiger partial charge < -0.3 is 10.4 Å². The Morgan fingerprint density at radius 3 is 2.75 bits per heavy atom. The molecule has 1 aromatic rings. The summed E-state index contributed by atoms with van der Waals surface area (Å²) in [4.78, 5) is 14.3. The lowest BCUT2D eigenvalue weighted by molar-refractivity contribution is 0.0690. The average molecular weight is 242 g/mol. The standard InChI is InChI=1S/C10H14N2O3S/c1-7(6-16(2)15)12-8-3-4-9(10(13)14)11-5-8/h3-5,7,12H,6H2,1-2H3,(H,13,14). The third-order valence-corrected chi connectivity index (χ3v) is 2.85. The summed E-state index contributed by atoms with van der Waals surface area (Å²) in [6, 6.07) is 3.13. The zero-order valence-electron chi connectivity index (χ0n) is 9.14. The Labute approximate surface area is 96.4 Å². The summed E-state index contributed by atoms with van der Waals surface area (Å²) in [5, 5.41) is 11.7. The van der Waals surface area contributed by atoms with Crippen molar-refractivity contribution >= 4 is 22.5 Å². The topological polar surface area (TPSA) is 79.3 Å². The van der Waals surface area contributed by atoms with E-state index >= 15 is 0 Å². The monoisotopic (exact) mass is 242 g/mol. The van der Waals surface area contributed by atoms with E-state index in [1.165, 1.54) is 12.3 Å². The highest BCUT2D eigenvalue weighted by molar-refractivity contribution is 7.84. The van der Waals surface area contributed by atoms with Crippen LogP contribution in [-0.2, 0) is 10.8 Å². The van der Waals surface area contributed by atoms with Crippen LogP contribution in [0.15, 0.2) is 18.3 Å². The van der Waals surface area contributed by atoms with E-state index in [-0.39, 0.29) is 11.7 Å². The molecule has 2 N–H and O–H groups in total. The molecule has 2 unspecified atom stereocenters. The summed E-state index contributed by atoms with van der Waals surface area (Å²) in [6.07, 6.45) is 3.10. The van der Waals surface area contributed by atoms with Crippen molar-refractivity contribution in [2.75, 3.05) is 17.3 Å². The molecular formula is C10H14N2O3S. The van der Waals surface area contributed by atoms with Crippen LogP contribution in [-0.4, -0.2) is 38.3 Å². The van der Waals surface area contributed by atoms with Gasteiger partial charge in [0.15, 0.2) is 0 Å². The van der Waals surface area contributed by atoms with E-state index in [0.717, 1.165) is 5.69 Å². The predicted molar refractivity (Wildman–Crippen MR) is 63.2 cm³/mol. The van der Waals surface area contributed by atoms with Crippen LogP contribution in [0.25, 0.3) is 0 Å². The number of aromatic nitrogens is 1. The smallest absolute Gasteiger partial charge is 0.354 e. The molecule has 1 aromatic heterocycles. The summed E-state index contributed by atoms with van der Waals surface area (Å²) < 4.78 is 11.0. The number of nitrogens with one attached hydrogen (secondary N) is 1. The summed E-state index contributed by atoms with van der Waals surface area (Å²) in [5.41, 5.74) is 0.736. The highest BCUT2D eigenvalue weighted by Gasteiger charge is 2.06. The number of hydrogen-bond donors (Lipinski definition) is 2. The molecule has 1 heterocycles. The SMILES string of the molecule is CC(CS(C)=O)Nc1ccc(C(=O)O)nc1. The third-order valence-electron chi connectivity index (χ3n) is 1.88. The van der Waals surface area contributed by atoms with Crippen LogP contribution >= 0.6 is 0 Å². The van der Waals surface area contributed by atoms with Crippen LogP contribution in [0.3, 0.4) is 0 Å². The van der Waals surface area contributed by atoms with Gasteiger partial charge in [-0.25, -0.2) is 9.78 Å². The van der Waals surface area contributed by atoms with Crippen LogP contribution in [0.4, 0.5) is 5.69 Å². The van der Waals surface area contributed by atoms with Crippen molar-refractivity contribution in [3.63, 3.8) is 0 Å². The molecule has 0 spiro atoms. The highest BCUT2D eigenvalue weighted by atomic mass is 32.2. The van der Waals surface area contributed by atoms with Crippen LogP contribution in [0.2, 0.25) is 0 Å². The van der Waals surface area contributed by atoms with Crippen molar-refractivity contribution in [3.8, 4) is 0 Å². The fraction of sp³-hybridized carbons (Fsp3) is 0.400. The first kappa shape index (κ1) is 12.6. The summed E-state index contributed by atoms with van der Waals surface area (Å²) in [6.45, 7) is 1.91. The third kappa shape index (κ3) is 3.98. The van der Waals surface area contributed by atoms with Crippen molar-refractivity contribution in [1.29, 1.82) is 0 Å². The molecule has 0 aliphatic carbocycles. The lowest BCUT2D eigenvalue weighted by Gasteiger charge is -2.13. The van der Waals surface area contributed by atoms with Crippen molar-refractivity contribution in [2.45, 2.75) is 13.0 Å². The van der Waals surface area contributed by atoms with Crippen LogP contribution in [0.5, 0.6) is 0 Å². The van der Waals surface area contributed by atoms with Crippen LogP contribution < -0.4 is 5.32 Å². The van der Waals surface area contributed by atoms with Gasteiger partial charge in [-0.1, -0.05) is 0 Å². The maximum atomic E-state index is 11.0. The first-order valence-electron chi connectivity index (χ1n) is 4.75. The Morgan fingerprint density at radius 2 is 2.31 bits per heavy atom. The Kier molecular flexibility index (Phi) is 4.42. The van der Waals surface area contributed by atoms with Gasteiger partial charge >= 0.3 is 5.97 Å². The normalized spacial score (nSPS) is 14.1. The van der Waals surface area contributed by atoms with E-state index in [2.05, 4.69) is 10.3 Å². The molecule has 2 atom stereocenters. The fourth-order valence-corrected chi connectivity index (χ4v) is 2.07. The molecule has 0 fully saturated rings. The van der Waals surface area contributed by atoms with E-state index in [1.807, 2.05) is 6.92 Å². The van der Waals surface area contributed by atoms with Gasteiger partial charge in [0, 0.05) is 28.9 Å². The molecule has 1 rings (SSSR count). The van der Waals surface area contributed by atoms with Crippen molar-refractivity contribution in [1.82, 2.24) is 4.98 Å². The first-order chi connectivity index (χ1) is 7.49. The number of aromatic carboxylic acids is 1. The van der Waals surface area contributed by atoms with Crippen molar-refractivity contribution < 1.29 is 14.1 Å². The molecular weight excluding hydrogens is 228 g/mol. The molecule has 88 valence electrons. The van der Waals surface area contributed by atoms with E-state index in [9.17, 15) is 9.00 Å².